The Balaban J connectivity index is 1.74. The molecule has 2 atom stereocenters. The highest BCUT2D eigenvalue weighted by Gasteiger charge is 2.21. The Bertz CT molecular complexity index is 700. The fourth-order valence-electron chi connectivity index (χ4n) is 2.16. The molecule has 1 aromatic carbocycles. The van der Waals surface area contributed by atoms with E-state index in [9.17, 15) is 15.0 Å². The van der Waals surface area contributed by atoms with Gasteiger partial charge in [-0.25, -0.2) is 9.78 Å². The number of halogens is 1. The van der Waals surface area contributed by atoms with Gasteiger partial charge in [0.05, 0.1) is 6.10 Å². The van der Waals surface area contributed by atoms with Gasteiger partial charge in [-0.05, 0) is 18.1 Å². The second-order valence-corrected chi connectivity index (χ2v) is 5.81. The molecule has 0 fully saturated rings. The summed E-state index contributed by atoms with van der Waals surface area (Å²) in [5.41, 5.74) is 7.14. The first-order chi connectivity index (χ1) is 12.0. The molecule has 1 amide bonds. The van der Waals surface area contributed by atoms with E-state index in [1.807, 2.05) is 30.3 Å². The fraction of sp³-hybridized carbons (Fsp3) is 0.294. The van der Waals surface area contributed by atoms with Gasteiger partial charge >= 0.3 is 6.09 Å². The number of aromatic nitrogens is 1. The van der Waals surface area contributed by atoms with Crippen molar-refractivity contribution in [3.8, 4) is 0 Å². The third-order valence-electron chi connectivity index (χ3n) is 3.54. The van der Waals surface area contributed by atoms with Crippen molar-refractivity contribution >= 4 is 23.4 Å². The standard InChI is InChI=1S/C17H20ClN3O4/c18-15-8-13(19)12(9-21-15)16(23)14(22)6-7-20-17(24)25-10-11-4-2-1-3-5-11/h1-5,8-9,14,16,22-23H,6-7,10H2,(H2,19,21)(H,20,24). The number of ether oxygens (including phenoxy) is 1. The largest absolute Gasteiger partial charge is 0.445 e. The predicted octanol–water partition coefficient (Wildman–Crippen LogP) is 2.03. The van der Waals surface area contributed by atoms with Crippen LogP contribution in [0.3, 0.4) is 0 Å². The molecule has 1 heterocycles. The van der Waals surface area contributed by atoms with Crippen molar-refractivity contribution in [2.45, 2.75) is 25.2 Å². The second-order valence-electron chi connectivity index (χ2n) is 5.43. The molecule has 0 saturated heterocycles. The van der Waals surface area contributed by atoms with Crippen molar-refractivity contribution < 1.29 is 19.7 Å². The Morgan fingerprint density at radius 1 is 1.32 bits per heavy atom. The van der Waals surface area contributed by atoms with Crippen molar-refractivity contribution in [2.75, 3.05) is 12.3 Å². The van der Waals surface area contributed by atoms with Crippen LogP contribution >= 0.6 is 11.6 Å². The number of nitrogens with one attached hydrogen (secondary N) is 1. The molecule has 7 nitrogen and oxygen atoms in total. The van der Waals surface area contributed by atoms with Crippen LogP contribution in [0.15, 0.2) is 42.6 Å². The first-order valence-corrected chi connectivity index (χ1v) is 8.06. The third-order valence-corrected chi connectivity index (χ3v) is 3.75. The molecular formula is C17H20ClN3O4. The van der Waals surface area contributed by atoms with Crippen LogP contribution in [0.4, 0.5) is 10.5 Å². The zero-order valence-electron chi connectivity index (χ0n) is 13.4. The number of nitrogen functional groups attached to an aromatic ring is 1. The molecule has 2 unspecified atom stereocenters. The lowest BCUT2D eigenvalue weighted by Crippen LogP contribution is -2.30. The molecule has 0 saturated carbocycles. The van der Waals surface area contributed by atoms with Gasteiger partial charge in [0.15, 0.2) is 0 Å². The quantitative estimate of drug-likeness (QED) is 0.557. The van der Waals surface area contributed by atoms with Gasteiger partial charge in [0.1, 0.15) is 17.9 Å². The number of hydrogen-bond acceptors (Lipinski definition) is 6. The van der Waals surface area contributed by atoms with Gasteiger partial charge < -0.3 is 26.0 Å². The normalized spacial score (nSPS) is 13.1. The molecule has 0 radical (unpaired) electrons. The first-order valence-electron chi connectivity index (χ1n) is 7.69. The van der Waals surface area contributed by atoms with Gasteiger partial charge in [0.2, 0.25) is 0 Å². The predicted molar refractivity (Wildman–Crippen MR) is 93.9 cm³/mol. The number of aliphatic hydroxyl groups excluding tert-OH is 2. The first kappa shape index (κ1) is 19.0. The number of anilines is 1. The Hall–Kier alpha value is -2.35. The number of amides is 1. The monoisotopic (exact) mass is 365 g/mol. The minimum absolute atomic E-state index is 0.115. The highest BCUT2D eigenvalue weighted by molar-refractivity contribution is 6.29. The lowest BCUT2D eigenvalue weighted by Gasteiger charge is -2.19. The minimum atomic E-state index is -1.23. The van der Waals surface area contributed by atoms with Crippen LogP contribution in [0, 0.1) is 0 Å². The van der Waals surface area contributed by atoms with Crippen LogP contribution in [0.2, 0.25) is 5.15 Å². The summed E-state index contributed by atoms with van der Waals surface area (Å²) in [7, 11) is 0. The Morgan fingerprint density at radius 3 is 2.72 bits per heavy atom. The van der Waals surface area contributed by atoms with E-state index in [0.717, 1.165) is 5.56 Å². The van der Waals surface area contributed by atoms with E-state index >= 15 is 0 Å². The minimum Gasteiger partial charge on any atom is -0.445 e. The summed E-state index contributed by atoms with van der Waals surface area (Å²) >= 11 is 5.70. The number of carbonyl (C=O) groups excluding carboxylic acids is 1. The zero-order chi connectivity index (χ0) is 18.2. The number of rotatable bonds is 7. The molecule has 0 spiro atoms. The van der Waals surface area contributed by atoms with Crippen LogP contribution in [0.5, 0.6) is 0 Å². The molecular weight excluding hydrogens is 346 g/mol. The van der Waals surface area contributed by atoms with Gasteiger partial charge in [0, 0.05) is 24.0 Å². The number of nitrogens with two attached hydrogens (primary N) is 1. The van der Waals surface area contributed by atoms with Gasteiger partial charge in [-0.15, -0.1) is 0 Å². The highest BCUT2D eigenvalue weighted by Crippen LogP contribution is 2.25. The van der Waals surface area contributed by atoms with Crippen LogP contribution < -0.4 is 11.1 Å². The average Bonchev–Trinajstić information content (AvgIpc) is 2.60. The van der Waals surface area contributed by atoms with E-state index in [1.165, 1.54) is 12.3 Å². The number of alkyl carbamates (subject to hydrolysis) is 1. The topological polar surface area (TPSA) is 118 Å². The number of hydrogen-bond donors (Lipinski definition) is 4. The maximum atomic E-state index is 11.6. The van der Waals surface area contributed by atoms with E-state index in [1.54, 1.807) is 0 Å². The van der Waals surface area contributed by atoms with Crippen LogP contribution in [0.25, 0.3) is 0 Å². The summed E-state index contributed by atoms with van der Waals surface area (Å²) in [6.45, 7) is 0.289. The number of pyridine rings is 1. The Labute approximate surface area is 150 Å². The third kappa shape index (κ3) is 5.90. The lowest BCUT2D eigenvalue weighted by atomic mass is 10.0. The summed E-state index contributed by atoms with van der Waals surface area (Å²) in [4.78, 5) is 15.4. The molecule has 5 N–H and O–H groups in total. The van der Waals surface area contributed by atoms with Gasteiger partial charge in [-0.2, -0.15) is 0 Å². The van der Waals surface area contributed by atoms with Gasteiger partial charge in [0.25, 0.3) is 0 Å². The molecule has 1 aromatic heterocycles. The van der Waals surface area contributed by atoms with E-state index in [-0.39, 0.29) is 36.0 Å². The fourth-order valence-corrected chi connectivity index (χ4v) is 2.33. The molecule has 2 rings (SSSR count). The molecule has 0 aliphatic heterocycles. The van der Waals surface area contributed by atoms with E-state index < -0.39 is 18.3 Å². The van der Waals surface area contributed by atoms with Gasteiger partial charge in [-0.3, -0.25) is 0 Å². The summed E-state index contributed by atoms with van der Waals surface area (Å²) in [6.07, 6.45) is -1.53. The molecule has 2 aromatic rings. The summed E-state index contributed by atoms with van der Waals surface area (Å²) in [5.74, 6) is 0. The molecule has 134 valence electrons. The smallest absolute Gasteiger partial charge is 0.407 e. The van der Waals surface area contributed by atoms with Crippen LogP contribution in [-0.2, 0) is 11.3 Å². The number of nitrogens with zero attached hydrogens (tertiary/aromatic N) is 1. The summed E-state index contributed by atoms with van der Waals surface area (Å²) in [5, 5.41) is 22.9. The maximum absolute atomic E-state index is 11.6. The second kappa shape index (κ2) is 9.22. The van der Waals surface area contributed by atoms with Gasteiger partial charge in [-0.1, -0.05) is 41.9 Å². The molecule has 0 aliphatic rings. The lowest BCUT2D eigenvalue weighted by molar-refractivity contribution is 0.0138. The Kier molecular flexibility index (Phi) is 7.00. The SMILES string of the molecule is Nc1cc(Cl)ncc1C(O)C(O)CCNC(=O)OCc1ccccc1. The average molecular weight is 366 g/mol. The maximum Gasteiger partial charge on any atom is 0.407 e. The summed E-state index contributed by atoms with van der Waals surface area (Å²) < 4.78 is 5.05. The molecule has 25 heavy (non-hydrogen) atoms. The van der Waals surface area contributed by atoms with Crippen LogP contribution in [-0.4, -0.2) is 33.9 Å². The Morgan fingerprint density at radius 2 is 2.04 bits per heavy atom. The zero-order valence-corrected chi connectivity index (χ0v) is 14.2. The number of carbonyl (C=O) groups is 1. The van der Waals surface area contributed by atoms with Crippen molar-refractivity contribution in [1.29, 1.82) is 0 Å². The van der Waals surface area contributed by atoms with E-state index in [0.29, 0.717) is 0 Å². The van der Waals surface area contributed by atoms with Crippen LogP contribution in [0.1, 0.15) is 23.7 Å². The molecule has 8 heteroatoms. The van der Waals surface area contributed by atoms with Crippen molar-refractivity contribution in [3.63, 3.8) is 0 Å². The van der Waals surface area contributed by atoms with Crippen molar-refractivity contribution in [1.82, 2.24) is 10.3 Å². The van der Waals surface area contributed by atoms with Crippen molar-refractivity contribution in [3.05, 3.63) is 58.9 Å². The van der Waals surface area contributed by atoms with E-state index in [4.69, 9.17) is 22.1 Å². The van der Waals surface area contributed by atoms with Crippen molar-refractivity contribution in [2.24, 2.45) is 0 Å². The molecule has 0 aliphatic carbocycles. The molecule has 0 bridgehead atoms. The highest BCUT2D eigenvalue weighted by atomic mass is 35.5. The number of aliphatic hydroxyl groups is 2. The number of benzene rings is 1. The summed E-state index contributed by atoms with van der Waals surface area (Å²) in [6, 6.07) is 10.7. The van der Waals surface area contributed by atoms with E-state index in [2.05, 4.69) is 10.3 Å².